The van der Waals surface area contributed by atoms with Gasteiger partial charge in [-0.2, -0.15) is 5.10 Å². The summed E-state index contributed by atoms with van der Waals surface area (Å²) in [6.07, 6.45) is 1.92. The smallest absolute Gasteiger partial charge is 0.177 e. The van der Waals surface area contributed by atoms with Gasteiger partial charge < -0.3 is 9.64 Å². The third kappa shape index (κ3) is 2.42. The Balaban J connectivity index is 1.84. The highest BCUT2D eigenvalue weighted by Crippen LogP contribution is 2.27. The summed E-state index contributed by atoms with van der Waals surface area (Å²) >= 11 is 6.18. The highest BCUT2D eigenvalue weighted by molar-refractivity contribution is 6.29. The Labute approximate surface area is 133 Å². The van der Waals surface area contributed by atoms with Crippen LogP contribution in [0.3, 0.4) is 0 Å². The van der Waals surface area contributed by atoms with Gasteiger partial charge in [0.1, 0.15) is 0 Å². The minimum absolute atomic E-state index is 0.464. The summed E-state index contributed by atoms with van der Waals surface area (Å²) in [5, 5.41) is 4.80. The highest BCUT2D eigenvalue weighted by atomic mass is 35.5. The van der Waals surface area contributed by atoms with Gasteiger partial charge in [0.05, 0.1) is 30.8 Å². The van der Waals surface area contributed by atoms with Crippen molar-refractivity contribution in [2.75, 3.05) is 31.2 Å². The quantitative estimate of drug-likeness (QED) is 0.729. The van der Waals surface area contributed by atoms with Crippen LogP contribution in [0.25, 0.3) is 16.9 Å². The Morgan fingerprint density at radius 1 is 1.09 bits per heavy atom. The van der Waals surface area contributed by atoms with Crippen LogP contribution in [0.2, 0.25) is 5.15 Å². The van der Waals surface area contributed by atoms with E-state index in [0.29, 0.717) is 5.15 Å². The van der Waals surface area contributed by atoms with E-state index in [1.165, 1.54) is 0 Å². The lowest BCUT2D eigenvalue weighted by atomic mass is 10.2. The van der Waals surface area contributed by atoms with E-state index in [1.54, 1.807) is 4.52 Å². The summed E-state index contributed by atoms with van der Waals surface area (Å²) in [4.78, 5) is 7.00. The fraction of sp³-hybridized carbons (Fsp3) is 0.250. The van der Waals surface area contributed by atoms with Crippen molar-refractivity contribution in [3.8, 4) is 11.3 Å². The SMILES string of the molecule is Clc1cc(N2CCOCC2)c2nc(-c3ccccc3)cn2n1. The molecule has 112 valence electrons. The molecule has 0 radical (unpaired) electrons. The van der Waals surface area contributed by atoms with Crippen molar-refractivity contribution in [2.45, 2.75) is 0 Å². The van der Waals surface area contributed by atoms with E-state index in [2.05, 4.69) is 10.00 Å². The first-order valence-corrected chi connectivity index (χ1v) is 7.63. The van der Waals surface area contributed by atoms with Gasteiger partial charge in [-0.05, 0) is 0 Å². The van der Waals surface area contributed by atoms with Gasteiger partial charge in [-0.3, -0.25) is 0 Å². The molecular weight excluding hydrogens is 300 g/mol. The van der Waals surface area contributed by atoms with Crippen LogP contribution in [0.4, 0.5) is 5.69 Å². The molecule has 1 aromatic carbocycles. The van der Waals surface area contributed by atoms with Gasteiger partial charge in [-0.15, -0.1) is 0 Å². The van der Waals surface area contributed by atoms with Gasteiger partial charge in [-0.1, -0.05) is 41.9 Å². The predicted molar refractivity (Wildman–Crippen MR) is 86.5 cm³/mol. The van der Waals surface area contributed by atoms with Crippen molar-refractivity contribution < 1.29 is 4.74 Å². The number of imidazole rings is 1. The number of morpholine rings is 1. The van der Waals surface area contributed by atoms with Crippen LogP contribution >= 0.6 is 11.6 Å². The summed E-state index contributed by atoms with van der Waals surface area (Å²) in [5.41, 5.74) is 3.79. The molecule has 0 N–H and O–H groups in total. The molecule has 3 heterocycles. The van der Waals surface area contributed by atoms with E-state index in [9.17, 15) is 0 Å². The third-order valence-corrected chi connectivity index (χ3v) is 3.98. The largest absolute Gasteiger partial charge is 0.378 e. The lowest BCUT2D eigenvalue weighted by Crippen LogP contribution is -2.36. The zero-order valence-corrected chi connectivity index (χ0v) is 12.7. The van der Waals surface area contributed by atoms with Gasteiger partial charge in [0.15, 0.2) is 10.8 Å². The van der Waals surface area contributed by atoms with Crippen molar-refractivity contribution in [1.82, 2.24) is 14.6 Å². The lowest BCUT2D eigenvalue weighted by Gasteiger charge is -2.28. The maximum atomic E-state index is 6.18. The van der Waals surface area contributed by atoms with Crippen LogP contribution < -0.4 is 4.90 Å². The summed E-state index contributed by atoms with van der Waals surface area (Å²) in [6.45, 7) is 3.11. The molecule has 2 aromatic heterocycles. The van der Waals surface area contributed by atoms with Crippen LogP contribution in [0.1, 0.15) is 0 Å². The molecule has 22 heavy (non-hydrogen) atoms. The lowest BCUT2D eigenvalue weighted by molar-refractivity contribution is 0.123. The number of halogens is 1. The van der Waals surface area contributed by atoms with E-state index in [-0.39, 0.29) is 0 Å². The molecule has 0 spiro atoms. The van der Waals surface area contributed by atoms with E-state index < -0.39 is 0 Å². The Morgan fingerprint density at radius 2 is 1.86 bits per heavy atom. The summed E-state index contributed by atoms with van der Waals surface area (Å²) in [6, 6.07) is 12.0. The molecule has 3 aromatic rings. The monoisotopic (exact) mass is 314 g/mol. The molecule has 1 fully saturated rings. The van der Waals surface area contributed by atoms with Crippen LogP contribution in [-0.4, -0.2) is 40.9 Å². The molecule has 5 nitrogen and oxygen atoms in total. The molecule has 4 rings (SSSR count). The van der Waals surface area contributed by atoms with Crippen molar-refractivity contribution in [3.05, 3.63) is 47.7 Å². The number of aromatic nitrogens is 3. The minimum Gasteiger partial charge on any atom is -0.378 e. The van der Waals surface area contributed by atoms with Crippen molar-refractivity contribution >= 4 is 22.9 Å². The third-order valence-electron chi connectivity index (χ3n) is 3.80. The highest BCUT2D eigenvalue weighted by Gasteiger charge is 2.18. The molecule has 6 heteroatoms. The first-order chi connectivity index (χ1) is 10.8. The summed E-state index contributed by atoms with van der Waals surface area (Å²) in [7, 11) is 0. The first-order valence-electron chi connectivity index (χ1n) is 7.25. The number of nitrogens with zero attached hydrogens (tertiary/aromatic N) is 4. The summed E-state index contributed by atoms with van der Waals surface area (Å²) in [5.74, 6) is 0. The molecule has 0 aliphatic carbocycles. The van der Waals surface area contributed by atoms with Crippen LogP contribution in [0.5, 0.6) is 0 Å². The molecular formula is C16H15ClN4O. The molecule has 0 atom stereocenters. The Kier molecular flexibility index (Phi) is 3.44. The van der Waals surface area contributed by atoms with Gasteiger partial charge in [0.25, 0.3) is 0 Å². The van der Waals surface area contributed by atoms with E-state index >= 15 is 0 Å². The van der Waals surface area contributed by atoms with Crippen LogP contribution in [-0.2, 0) is 4.74 Å². The van der Waals surface area contributed by atoms with Crippen molar-refractivity contribution in [1.29, 1.82) is 0 Å². The Bertz CT molecular complexity index is 797. The number of rotatable bonds is 2. The number of anilines is 1. The van der Waals surface area contributed by atoms with Gasteiger partial charge in [0.2, 0.25) is 0 Å². The standard InChI is InChI=1S/C16H15ClN4O/c17-15-10-14(20-6-8-22-9-7-20)16-18-13(11-21(16)19-15)12-4-2-1-3-5-12/h1-5,10-11H,6-9H2. The molecule has 0 bridgehead atoms. The molecule has 1 saturated heterocycles. The minimum atomic E-state index is 0.464. The second-order valence-electron chi connectivity index (χ2n) is 5.21. The van der Waals surface area contributed by atoms with Gasteiger partial charge >= 0.3 is 0 Å². The number of fused-ring (bicyclic) bond motifs is 1. The van der Waals surface area contributed by atoms with Crippen LogP contribution in [0.15, 0.2) is 42.6 Å². The number of hydrogen-bond donors (Lipinski definition) is 0. The van der Waals surface area contributed by atoms with Gasteiger partial charge in [-0.25, -0.2) is 9.50 Å². The average Bonchev–Trinajstić information content (AvgIpc) is 2.99. The zero-order chi connectivity index (χ0) is 14.9. The van der Waals surface area contributed by atoms with E-state index in [4.69, 9.17) is 21.3 Å². The average molecular weight is 315 g/mol. The Hall–Kier alpha value is -2.11. The maximum absolute atomic E-state index is 6.18. The first kappa shape index (κ1) is 13.5. The predicted octanol–water partition coefficient (Wildman–Crippen LogP) is 2.89. The Morgan fingerprint density at radius 3 is 2.64 bits per heavy atom. The number of ether oxygens (including phenoxy) is 1. The fourth-order valence-corrected chi connectivity index (χ4v) is 2.90. The second kappa shape index (κ2) is 5.59. The van der Waals surface area contributed by atoms with Gasteiger partial charge in [0, 0.05) is 24.7 Å². The fourth-order valence-electron chi connectivity index (χ4n) is 2.72. The number of hydrogen-bond acceptors (Lipinski definition) is 4. The molecule has 1 aliphatic heterocycles. The second-order valence-corrected chi connectivity index (χ2v) is 5.60. The zero-order valence-electron chi connectivity index (χ0n) is 11.9. The topological polar surface area (TPSA) is 42.7 Å². The van der Waals surface area contributed by atoms with E-state index in [0.717, 1.165) is 48.9 Å². The van der Waals surface area contributed by atoms with Crippen LogP contribution in [0, 0.1) is 0 Å². The number of benzene rings is 1. The van der Waals surface area contributed by atoms with Crippen molar-refractivity contribution in [3.63, 3.8) is 0 Å². The molecule has 0 saturated carbocycles. The summed E-state index contributed by atoms with van der Waals surface area (Å²) < 4.78 is 7.18. The molecule has 1 aliphatic rings. The van der Waals surface area contributed by atoms with Crippen molar-refractivity contribution in [2.24, 2.45) is 0 Å². The molecule has 0 amide bonds. The van der Waals surface area contributed by atoms with E-state index in [1.807, 2.05) is 42.6 Å². The normalized spacial score (nSPS) is 15.4. The molecule has 0 unspecified atom stereocenters. The maximum Gasteiger partial charge on any atom is 0.177 e.